The van der Waals surface area contributed by atoms with Crippen LogP contribution in [0.4, 0.5) is 0 Å². The fourth-order valence-corrected chi connectivity index (χ4v) is 10.6. The lowest BCUT2D eigenvalue weighted by atomic mass is 9.79. The van der Waals surface area contributed by atoms with Gasteiger partial charge in [0.25, 0.3) is 0 Å². The van der Waals surface area contributed by atoms with Gasteiger partial charge in [0, 0.05) is 55.6 Å². The molecule has 370 valence electrons. The number of fused-ring (bicyclic) bond motifs is 6. The molecule has 0 N–H and O–H groups in total. The molecule has 0 aliphatic carbocycles. The first kappa shape index (κ1) is 48.6. The van der Waals surface area contributed by atoms with Crippen LogP contribution in [-0.4, -0.2) is 29.1 Å². The zero-order valence-corrected chi connectivity index (χ0v) is 45.7. The number of aromatic nitrogens is 6. The Hall–Kier alpha value is -7.70. The summed E-state index contributed by atoms with van der Waals surface area (Å²) in [6.07, 6.45) is 3.94. The van der Waals surface area contributed by atoms with Crippen molar-refractivity contribution in [2.45, 2.75) is 119 Å². The molecule has 74 heavy (non-hydrogen) atoms. The van der Waals surface area contributed by atoms with E-state index in [4.69, 9.17) is 19.9 Å². The first-order valence-corrected chi connectivity index (χ1v) is 26.2. The molecule has 11 aromatic rings. The third-order valence-corrected chi connectivity index (χ3v) is 15.0. The van der Waals surface area contributed by atoms with Crippen LogP contribution in [0.2, 0.25) is 0 Å². The highest BCUT2D eigenvalue weighted by Gasteiger charge is 2.27. The molecular weight excluding hydrogens is 901 g/mol. The Labute approximate surface area is 437 Å². The van der Waals surface area contributed by atoms with Crippen LogP contribution in [0, 0.1) is 13.8 Å². The first-order valence-electron chi connectivity index (χ1n) is 26.2. The summed E-state index contributed by atoms with van der Waals surface area (Å²) >= 11 is 0. The van der Waals surface area contributed by atoms with E-state index in [1.807, 2.05) is 12.4 Å². The Balaban J connectivity index is 1.24. The van der Waals surface area contributed by atoms with Gasteiger partial charge in [-0.1, -0.05) is 155 Å². The third kappa shape index (κ3) is 8.68. The average molecular weight is 969 g/mol. The van der Waals surface area contributed by atoms with Gasteiger partial charge in [0.05, 0.1) is 39.6 Å². The fourth-order valence-electron chi connectivity index (χ4n) is 10.6. The van der Waals surface area contributed by atoms with Gasteiger partial charge in [-0.25, -0.2) is 15.0 Å². The van der Waals surface area contributed by atoms with E-state index in [1.165, 1.54) is 54.9 Å². The summed E-state index contributed by atoms with van der Waals surface area (Å²) in [5, 5.41) is 4.84. The molecule has 6 nitrogen and oxygen atoms in total. The molecule has 0 spiro atoms. The minimum atomic E-state index is -0.106. The van der Waals surface area contributed by atoms with E-state index in [2.05, 4.69) is 252 Å². The van der Waals surface area contributed by atoms with Crippen LogP contribution >= 0.6 is 0 Å². The molecule has 4 aromatic heterocycles. The molecule has 7 aromatic carbocycles. The zero-order valence-electron chi connectivity index (χ0n) is 45.7. The van der Waals surface area contributed by atoms with Gasteiger partial charge in [0.1, 0.15) is 0 Å². The molecule has 0 atom stereocenters. The molecule has 0 bridgehead atoms. The highest BCUT2D eigenvalue weighted by atomic mass is 15.0. The molecule has 0 radical (unpaired) electrons. The van der Waals surface area contributed by atoms with Crippen molar-refractivity contribution in [2.24, 2.45) is 0 Å². The number of rotatable bonds is 6. The zero-order chi connectivity index (χ0) is 52.2. The highest BCUT2D eigenvalue weighted by Crippen LogP contribution is 2.43. The maximum Gasteiger partial charge on any atom is 0.164 e. The van der Waals surface area contributed by atoms with Crippen LogP contribution in [-0.2, 0) is 21.7 Å². The van der Waals surface area contributed by atoms with Crippen molar-refractivity contribution in [1.82, 2.24) is 29.1 Å². The monoisotopic (exact) mass is 969 g/mol. The molecule has 4 heterocycles. The van der Waals surface area contributed by atoms with Crippen LogP contribution in [0.25, 0.3) is 100 Å². The van der Waals surface area contributed by atoms with Crippen molar-refractivity contribution in [1.29, 1.82) is 0 Å². The summed E-state index contributed by atoms with van der Waals surface area (Å²) in [6.45, 7) is 31.7. The molecule has 0 fully saturated rings. The van der Waals surface area contributed by atoms with Crippen LogP contribution in [0.1, 0.15) is 116 Å². The minimum absolute atomic E-state index is 0.106. The van der Waals surface area contributed by atoms with Crippen molar-refractivity contribution in [3.05, 3.63) is 191 Å². The smallest absolute Gasteiger partial charge is 0.164 e. The highest BCUT2D eigenvalue weighted by molar-refractivity contribution is 6.11. The van der Waals surface area contributed by atoms with Crippen LogP contribution < -0.4 is 0 Å². The number of pyridine rings is 1. The van der Waals surface area contributed by atoms with Crippen LogP contribution in [0.15, 0.2) is 158 Å². The van der Waals surface area contributed by atoms with Crippen molar-refractivity contribution in [3.63, 3.8) is 0 Å². The van der Waals surface area contributed by atoms with Crippen molar-refractivity contribution in [2.75, 3.05) is 0 Å². The minimum Gasteiger partial charge on any atom is -0.309 e. The van der Waals surface area contributed by atoms with Crippen molar-refractivity contribution >= 4 is 43.6 Å². The number of aryl methyl sites for hydroxylation is 2. The second-order valence-electron chi connectivity index (χ2n) is 24.8. The van der Waals surface area contributed by atoms with E-state index in [-0.39, 0.29) is 21.7 Å². The largest absolute Gasteiger partial charge is 0.309 e. The summed E-state index contributed by atoms with van der Waals surface area (Å²) in [5.41, 5.74) is 18.5. The van der Waals surface area contributed by atoms with Crippen LogP contribution in [0.3, 0.4) is 0 Å². The molecule has 0 saturated carbocycles. The van der Waals surface area contributed by atoms with Gasteiger partial charge in [-0.05, 0) is 143 Å². The molecular formula is C68H68N6. The van der Waals surface area contributed by atoms with Crippen molar-refractivity contribution < 1.29 is 0 Å². The molecule has 0 saturated heterocycles. The lowest BCUT2D eigenvalue weighted by Crippen LogP contribution is -2.17. The number of nitrogens with zero attached hydrogens (tertiary/aromatic N) is 6. The second-order valence-corrected chi connectivity index (χ2v) is 24.8. The van der Waals surface area contributed by atoms with Gasteiger partial charge in [-0.15, -0.1) is 0 Å². The van der Waals surface area contributed by atoms with Gasteiger partial charge >= 0.3 is 0 Å². The van der Waals surface area contributed by atoms with Gasteiger partial charge in [0.2, 0.25) is 0 Å². The number of hydrogen-bond acceptors (Lipinski definition) is 4. The summed E-state index contributed by atoms with van der Waals surface area (Å²) in [5.74, 6) is 1.90. The van der Waals surface area contributed by atoms with Gasteiger partial charge in [0.15, 0.2) is 17.5 Å². The topological polar surface area (TPSA) is 61.4 Å². The standard InChI is InChI=1S/C68H68N6/c1-41-23-26-58-53(31-41)54-32-42(2)24-27-59(54)73(58)60-28-25-43(37-55(60)52-29-30-69-40-61(52)74-56-21-17-15-19-50(56)51-20-16-18-22-57(51)74)62-70-63(44-33-46(65(3,4)5)38-47(34-44)66(6,7)8)72-64(71-62)45-35-48(67(9,10)11)39-49(36-45)68(12,13)14/h15-40H,1-14H3. The summed E-state index contributed by atoms with van der Waals surface area (Å²) < 4.78 is 4.83. The third-order valence-electron chi connectivity index (χ3n) is 15.0. The Kier molecular flexibility index (Phi) is 11.5. The number of hydrogen-bond donors (Lipinski definition) is 0. The first-order chi connectivity index (χ1) is 35.0. The number of para-hydroxylation sites is 2. The van der Waals surface area contributed by atoms with E-state index >= 15 is 0 Å². The Morgan fingerprint density at radius 1 is 0.338 bits per heavy atom. The van der Waals surface area contributed by atoms with E-state index in [1.54, 1.807) is 0 Å². The Bertz CT molecular complexity index is 3750. The van der Waals surface area contributed by atoms with E-state index in [9.17, 15) is 0 Å². The van der Waals surface area contributed by atoms with E-state index < -0.39 is 0 Å². The fraction of sp³-hybridized carbons (Fsp3) is 0.265. The Morgan fingerprint density at radius 2 is 0.743 bits per heavy atom. The SMILES string of the molecule is Cc1ccc2c(c1)c1cc(C)ccc1n2-c1ccc(-c2nc(-c3cc(C(C)(C)C)cc(C(C)(C)C)c3)nc(-c3cc(C(C)(C)C)cc(C(C)(C)C)c3)n2)cc1-c1ccncc1-n1c2ccccc2c2ccccc21. The predicted molar refractivity (Wildman–Crippen MR) is 312 cm³/mol. The van der Waals surface area contributed by atoms with Crippen molar-refractivity contribution in [3.8, 4) is 56.7 Å². The van der Waals surface area contributed by atoms with E-state index in [0.717, 1.165) is 61.3 Å². The molecule has 6 heteroatoms. The summed E-state index contributed by atoms with van der Waals surface area (Å²) in [7, 11) is 0. The molecule has 0 amide bonds. The van der Waals surface area contributed by atoms with Gasteiger partial charge in [-0.3, -0.25) is 4.98 Å². The average Bonchev–Trinajstić information content (AvgIpc) is 3.87. The molecule has 0 unspecified atom stereocenters. The number of benzene rings is 7. The van der Waals surface area contributed by atoms with Gasteiger partial charge in [-0.2, -0.15) is 0 Å². The molecule has 11 rings (SSSR count). The normalized spacial score (nSPS) is 12.7. The maximum atomic E-state index is 5.54. The molecule has 0 aliphatic rings. The lowest BCUT2D eigenvalue weighted by Gasteiger charge is -2.26. The Morgan fingerprint density at radius 3 is 1.19 bits per heavy atom. The van der Waals surface area contributed by atoms with Crippen LogP contribution in [0.5, 0.6) is 0 Å². The quantitative estimate of drug-likeness (QED) is 0.167. The lowest BCUT2D eigenvalue weighted by molar-refractivity contribution is 0.568. The van der Waals surface area contributed by atoms with Gasteiger partial charge < -0.3 is 9.13 Å². The second kappa shape index (κ2) is 17.5. The van der Waals surface area contributed by atoms with E-state index in [0.29, 0.717) is 17.5 Å². The summed E-state index contributed by atoms with van der Waals surface area (Å²) in [6, 6.07) is 53.9. The molecule has 0 aliphatic heterocycles. The summed E-state index contributed by atoms with van der Waals surface area (Å²) in [4.78, 5) is 21.4. The maximum absolute atomic E-state index is 5.54. The predicted octanol–water partition coefficient (Wildman–Crippen LogP) is 17.9.